The maximum Gasteiger partial charge on any atom is 0.314 e. The molecule has 2 spiro atoms. The smallest absolute Gasteiger partial charge is 0.314 e. The van der Waals surface area contributed by atoms with E-state index in [1.165, 1.54) is 0 Å². The van der Waals surface area contributed by atoms with E-state index in [0.29, 0.717) is 17.8 Å². The number of hydrogen-bond donors (Lipinski definition) is 1. The average Bonchev–Trinajstić information content (AvgIpc) is 2.58. The van der Waals surface area contributed by atoms with Crippen molar-refractivity contribution in [3.05, 3.63) is 12.2 Å². The van der Waals surface area contributed by atoms with E-state index >= 15 is 0 Å². The molecule has 9 atom stereocenters. The highest BCUT2D eigenvalue weighted by Gasteiger charge is 2.80. The minimum atomic E-state index is -0.443. The molecule has 130 valence electrons. The predicted molar refractivity (Wildman–Crippen MR) is 85.7 cm³/mol. The van der Waals surface area contributed by atoms with Gasteiger partial charge in [-0.15, -0.1) is 0 Å². The first kappa shape index (κ1) is 14.3. The lowest BCUT2D eigenvalue weighted by molar-refractivity contribution is -0.416. The summed E-state index contributed by atoms with van der Waals surface area (Å²) in [5, 5.41) is 11.2. The molecule has 3 heterocycles. The van der Waals surface area contributed by atoms with Gasteiger partial charge in [0.25, 0.3) is 0 Å². The third-order valence-corrected chi connectivity index (χ3v) is 9.31. The largest absolute Gasteiger partial charge is 0.435 e. The van der Waals surface area contributed by atoms with Crippen molar-refractivity contribution in [1.82, 2.24) is 0 Å². The molecule has 5 aliphatic carbocycles. The standard InChI is InChI=1S/C20H26O4/c1-10-11-4-7-20(15(10)21)13(8-11)19-6-3-5-18(2)12(19)9-14(20)23-17(19)24-16(18)22/h11-15,17,21H,1,3-9H2,2H3/t11-,12+,13-,14+,15-,17+,18+,19-,20+/m0/s1. The Morgan fingerprint density at radius 3 is 2.83 bits per heavy atom. The van der Waals surface area contributed by atoms with Gasteiger partial charge in [0.2, 0.25) is 6.29 Å². The molecule has 24 heavy (non-hydrogen) atoms. The first-order valence-electron chi connectivity index (χ1n) is 9.68. The Labute approximate surface area is 142 Å². The van der Waals surface area contributed by atoms with Gasteiger partial charge in [-0.1, -0.05) is 13.0 Å². The quantitative estimate of drug-likeness (QED) is 0.548. The van der Waals surface area contributed by atoms with Gasteiger partial charge >= 0.3 is 5.97 Å². The zero-order chi connectivity index (χ0) is 16.5. The molecule has 1 N–H and O–H groups in total. The Bertz CT molecular complexity index is 673. The third-order valence-electron chi connectivity index (χ3n) is 9.31. The van der Waals surface area contributed by atoms with Crippen LogP contribution in [0.25, 0.3) is 0 Å². The number of rotatable bonds is 0. The molecule has 0 aromatic carbocycles. The minimum Gasteiger partial charge on any atom is -0.435 e. The van der Waals surface area contributed by atoms with Crippen molar-refractivity contribution in [2.45, 2.75) is 70.4 Å². The molecule has 4 nitrogen and oxygen atoms in total. The zero-order valence-corrected chi connectivity index (χ0v) is 14.3. The lowest BCUT2D eigenvalue weighted by Gasteiger charge is -2.77. The average molecular weight is 330 g/mol. The van der Waals surface area contributed by atoms with E-state index < -0.39 is 6.10 Å². The molecule has 4 heteroatoms. The molecule has 7 bridgehead atoms. The van der Waals surface area contributed by atoms with Gasteiger partial charge in [-0.2, -0.15) is 0 Å². The molecule has 8 rings (SSSR count). The molecular formula is C20H26O4. The lowest BCUT2D eigenvalue weighted by atomic mass is 9.33. The van der Waals surface area contributed by atoms with Gasteiger partial charge in [0, 0.05) is 10.8 Å². The Hall–Kier alpha value is -0.870. The highest BCUT2D eigenvalue weighted by molar-refractivity contribution is 5.78. The summed E-state index contributed by atoms with van der Waals surface area (Å²) in [5.74, 6) is 1.16. The summed E-state index contributed by atoms with van der Waals surface area (Å²) < 4.78 is 12.3. The number of esters is 1. The fourth-order valence-corrected chi connectivity index (χ4v) is 8.29. The van der Waals surface area contributed by atoms with Crippen molar-refractivity contribution in [2.75, 3.05) is 0 Å². The first-order chi connectivity index (χ1) is 11.4. The predicted octanol–water partition coefficient (Wildman–Crippen LogP) is 2.80. The van der Waals surface area contributed by atoms with E-state index in [1.807, 2.05) is 0 Å². The second-order valence-corrected chi connectivity index (χ2v) is 9.65. The van der Waals surface area contributed by atoms with Crippen LogP contribution in [0, 0.1) is 34.0 Å². The fraction of sp³-hybridized carbons (Fsp3) is 0.850. The maximum atomic E-state index is 12.7. The van der Waals surface area contributed by atoms with Gasteiger partial charge in [0.05, 0.1) is 17.6 Å². The summed E-state index contributed by atoms with van der Waals surface area (Å²) in [6, 6.07) is 0. The normalized spacial score (nSPS) is 63.1. The maximum absolute atomic E-state index is 12.7. The summed E-state index contributed by atoms with van der Waals surface area (Å²) in [7, 11) is 0. The first-order valence-corrected chi connectivity index (χ1v) is 9.68. The Morgan fingerprint density at radius 1 is 1.17 bits per heavy atom. The van der Waals surface area contributed by atoms with Gasteiger partial charge in [-0.25, -0.2) is 0 Å². The van der Waals surface area contributed by atoms with E-state index in [0.717, 1.165) is 50.5 Å². The van der Waals surface area contributed by atoms with Crippen LogP contribution in [0.2, 0.25) is 0 Å². The zero-order valence-electron chi connectivity index (χ0n) is 14.3. The van der Waals surface area contributed by atoms with Crippen LogP contribution in [0.1, 0.15) is 51.9 Å². The number of fused-ring (bicyclic) bond motifs is 2. The number of aliphatic hydroxyl groups excluding tert-OH is 1. The van der Waals surface area contributed by atoms with E-state index in [4.69, 9.17) is 9.47 Å². The molecule has 0 radical (unpaired) electrons. The van der Waals surface area contributed by atoms with Crippen LogP contribution in [-0.2, 0) is 14.3 Å². The van der Waals surface area contributed by atoms with E-state index in [2.05, 4.69) is 13.5 Å². The summed E-state index contributed by atoms with van der Waals surface area (Å²) in [4.78, 5) is 12.7. The Kier molecular flexibility index (Phi) is 2.35. The molecule has 0 amide bonds. The van der Waals surface area contributed by atoms with E-state index in [-0.39, 0.29) is 34.6 Å². The van der Waals surface area contributed by atoms with Crippen LogP contribution in [0.15, 0.2) is 12.2 Å². The van der Waals surface area contributed by atoms with Gasteiger partial charge < -0.3 is 14.6 Å². The highest BCUT2D eigenvalue weighted by Crippen LogP contribution is 2.77. The molecule has 5 saturated carbocycles. The van der Waals surface area contributed by atoms with E-state index in [1.54, 1.807) is 0 Å². The van der Waals surface area contributed by atoms with Crippen LogP contribution in [0.5, 0.6) is 0 Å². The molecular weight excluding hydrogens is 304 g/mol. The lowest BCUT2D eigenvalue weighted by Crippen LogP contribution is -2.80. The summed E-state index contributed by atoms with van der Waals surface area (Å²) in [6.07, 6.45) is 6.47. The second kappa shape index (κ2) is 3.93. The summed E-state index contributed by atoms with van der Waals surface area (Å²) in [6.45, 7) is 6.36. The molecule has 0 aromatic rings. The highest BCUT2D eigenvalue weighted by atomic mass is 16.7. The number of aliphatic hydroxyl groups is 1. The minimum absolute atomic E-state index is 0.0119. The molecule has 0 unspecified atom stereocenters. The molecule has 8 aliphatic rings. The second-order valence-electron chi connectivity index (χ2n) is 9.65. The van der Waals surface area contributed by atoms with Crippen LogP contribution >= 0.6 is 0 Å². The summed E-state index contributed by atoms with van der Waals surface area (Å²) in [5.41, 5.74) is 0.430. The van der Waals surface area contributed by atoms with Crippen molar-refractivity contribution in [3.8, 4) is 0 Å². The van der Waals surface area contributed by atoms with Crippen molar-refractivity contribution >= 4 is 5.97 Å². The van der Waals surface area contributed by atoms with Crippen molar-refractivity contribution in [3.63, 3.8) is 0 Å². The van der Waals surface area contributed by atoms with Gasteiger partial charge in [-0.05, 0) is 68.8 Å². The molecule has 8 fully saturated rings. The van der Waals surface area contributed by atoms with Gasteiger partial charge in [0.15, 0.2) is 0 Å². The monoisotopic (exact) mass is 330 g/mol. The van der Waals surface area contributed by atoms with Crippen molar-refractivity contribution in [2.24, 2.45) is 34.0 Å². The van der Waals surface area contributed by atoms with Crippen molar-refractivity contribution < 1.29 is 19.4 Å². The van der Waals surface area contributed by atoms with Crippen LogP contribution < -0.4 is 0 Å². The summed E-state index contributed by atoms with van der Waals surface area (Å²) >= 11 is 0. The topological polar surface area (TPSA) is 55.8 Å². The molecule has 0 aromatic heterocycles. The number of carbonyl (C=O) groups is 1. The van der Waals surface area contributed by atoms with Gasteiger partial charge in [0.1, 0.15) is 0 Å². The SMILES string of the molecule is C=C1[C@H]2CC[C@]3([C@@H](C2)[C@@]24CCC[C@@]5(C)C(=O)O[C@H]2O[C@@H]3C[C@@H]45)[C@H]1O. The van der Waals surface area contributed by atoms with Gasteiger partial charge in [-0.3, -0.25) is 4.79 Å². The third kappa shape index (κ3) is 1.18. The number of hydrogen-bond acceptors (Lipinski definition) is 4. The molecule has 3 saturated heterocycles. The van der Waals surface area contributed by atoms with Crippen LogP contribution in [-0.4, -0.2) is 29.6 Å². The molecule has 3 aliphatic heterocycles. The fourth-order valence-electron chi connectivity index (χ4n) is 8.29. The number of ether oxygens (including phenoxy) is 2. The van der Waals surface area contributed by atoms with Crippen molar-refractivity contribution in [1.29, 1.82) is 0 Å². The van der Waals surface area contributed by atoms with E-state index in [9.17, 15) is 9.90 Å². The Balaban J connectivity index is 1.57. The number of carbonyl (C=O) groups excluding carboxylic acids is 1. The van der Waals surface area contributed by atoms with Crippen LogP contribution in [0.3, 0.4) is 0 Å². The van der Waals surface area contributed by atoms with Crippen LogP contribution in [0.4, 0.5) is 0 Å². The Morgan fingerprint density at radius 2 is 2.00 bits per heavy atom.